The first kappa shape index (κ1) is 12.2. The van der Waals surface area contributed by atoms with Crippen molar-refractivity contribution in [3.8, 4) is 6.07 Å². The van der Waals surface area contributed by atoms with E-state index in [9.17, 15) is 14.0 Å². The maximum Gasteiger partial charge on any atom is 0.237 e. The predicted octanol–water partition coefficient (Wildman–Crippen LogP) is 1.84. The Labute approximate surface area is 104 Å². The van der Waals surface area contributed by atoms with E-state index >= 15 is 0 Å². The van der Waals surface area contributed by atoms with Crippen LogP contribution in [0.5, 0.6) is 0 Å². The lowest BCUT2D eigenvalue weighted by Crippen LogP contribution is -2.31. The zero-order valence-corrected chi connectivity index (χ0v) is 9.98. The normalized spacial score (nSPS) is 23.3. The molecular weight excluding hydrogens is 235 g/mol. The molecule has 1 aromatic rings. The van der Waals surface area contributed by atoms with Crippen LogP contribution in [-0.2, 0) is 9.59 Å². The lowest BCUT2D eigenvalue weighted by molar-refractivity contribution is -0.122. The monoisotopic (exact) mass is 246 g/mol. The van der Waals surface area contributed by atoms with Gasteiger partial charge in [-0.25, -0.2) is 9.29 Å². The van der Waals surface area contributed by atoms with Gasteiger partial charge < -0.3 is 0 Å². The van der Waals surface area contributed by atoms with Crippen LogP contribution >= 0.6 is 0 Å². The molecule has 1 heterocycles. The summed E-state index contributed by atoms with van der Waals surface area (Å²) in [4.78, 5) is 24.9. The van der Waals surface area contributed by atoms with Crippen LogP contribution < -0.4 is 4.90 Å². The number of rotatable bonds is 1. The lowest BCUT2D eigenvalue weighted by Gasteiger charge is -2.16. The maximum atomic E-state index is 13.5. The standard InChI is InChI=1S/C13H11FN2O2/c1-7-8(2)13(18)16(12(7)17)11-5-3-4-10(14)9(11)6-15/h3-5,7-8H,1-2H3. The Morgan fingerprint density at radius 3 is 2.28 bits per heavy atom. The van der Waals surface area contributed by atoms with E-state index in [0.717, 1.165) is 11.0 Å². The van der Waals surface area contributed by atoms with E-state index < -0.39 is 29.5 Å². The van der Waals surface area contributed by atoms with Crippen molar-refractivity contribution in [3.05, 3.63) is 29.6 Å². The third-order valence-corrected chi connectivity index (χ3v) is 3.31. The van der Waals surface area contributed by atoms with Gasteiger partial charge in [0, 0.05) is 11.8 Å². The van der Waals surface area contributed by atoms with Gasteiger partial charge in [0.05, 0.1) is 5.69 Å². The highest BCUT2D eigenvalue weighted by Crippen LogP contribution is 2.32. The van der Waals surface area contributed by atoms with Gasteiger partial charge in [-0.1, -0.05) is 19.9 Å². The number of carbonyl (C=O) groups excluding carboxylic acids is 2. The molecule has 0 aromatic heterocycles. The molecule has 1 aliphatic rings. The Balaban J connectivity index is 2.58. The summed E-state index contributed by atoms with van der Waals surface area (Å²) in [6.45, 7) is 3.30. The Morgan fingerprint density at radius 1 is 1.22 bits per heavy atom. The minimum atomic E-state index is -0.734. The van der Waals surface area contributed by atoms with Crippen molar-refractivity contribution < 1.29 is 14.0 Å². The van der Waals surface area contributed by atoms with Gasteiger partial charge in [0.15, 0.2) is 0 Å². The molecule has 2 atom stereocenters. The smallest absolute Gasteiger partial charge is 0.237 e. The summed E-state index contributed by atoms with van der Waals surface area (Å²) >= 11 is 0. The van der Waals surface area contributed by atoms with E-state index in [0.29, 0.717) is 0 Å². The minimum Gasteiger partial charge on any atom is -0.274 e. The molecule has 0 N–H and O–H groups in total. The van der Waals surface area contributed by atoms with Crippen LogP contribution in [0.3, 0.4) is 0 Å². The SMILES string of the molecule is CC1C(=O)N(c2cccc(F)c2C#N)C(=O)C1C. The summed E-state index contributed by atoms with van der Waals surface area (Å²) in [6, 6.07) is 5.60. The summed E-state index contributed by atoms with van der Waals surface area (Å²) in [5.41, 5.74) is -0.246. The van der Waals surface area contributed by atoms with Crippen molar-refractivity contribution in [1.29, 1.82) is 5.26 Å². The number of benzene rings is 1. The van der Waals surface area contributed by atoms with Gasteiger partial charge in [0.25, 0.3) is 0 Å². The minimum absolute atomic E-state index is 0.0312. The first-order valence-electron chi connectivity index (χ1n) is 5.55. The molecule has 18 heavy (non-hydrogen) atoms. The van der Waals surface area contributed by atoms with E-state index in [-0.39, 0.29) is 11.3 Å². The molecule has 0 spiro atoms. The molecule has 4 nitrogen and oxygen atoms in total. The van der Waals surface area contributed by atoms with Gasteiger partial charge in [-0.15, -0.1) is 0 Å². The average Bonchev–Trinajstić information content (AvgIpc) is 2.54. The predicted molar refractivity (Wildman–Crippen MR) is 61.9 cm³/mol. The molecule has 2 amide bonds. The number of hydrogen-bond acceptors (Lipinski definition) is 3. The molecule has 2 rings (SSSR count). The van der Waals surface area contributed by atoms with Crippen LogP contribution in [0, 0.1) is 29.0 Å². The molecule has 1 aromatic carbocycles. The van der Waals surface area contributed by atoms with Gasteiger partial charge in [-0.3, -0.25) is 9.59 Å². The fourth-order valence-corrected chi connectivity index (χ4v) is 1.99. The van der Waals surface area contributed by atoms with Crippen molar-refractivity contribution in [2.45, 2.75) is 13.8 Å². The molecule has 1 saturated heterocycles. The molecule has 92 valence electrons. The highest BCUT2D eigenvalue weighted by molar-refractivity contribution is 6.22. The van der Waals surface area contributed by atoms with Gasteiger partial charge in [0.2, 0.25) is 11.8 Å². The first-order chi connectivity index (χ1) is 8.49. The summed E-state index contributed by atoms with van der Waals surface area (Å²) in [5, 5.41) is 8.92. The largest absolute Gasteiger partial charge is 0.274 e. The van der Waals surface area contributed by atoms with E-state index in [4.69, 9.17) is 5.26 Å². The summed E-state index contributed by atoms with van der Waals surface area (Å²) in [7, 11) is 0. The number of nitriles is 1. The number of halogens is 1. The van der Waals surface area contributed by atoms with Gasteiger partial charge in [0.1, 0.15) is 17.4 Å². The molecule has 5 heteroatoms. The Morgan fingerprint density at radius 2 is 1.78 bits per heavy atom. The van der Waals surface area contributed by atoms with Crippen LogP contribution in [0.4, 0.5) is 10.1 Å². The molecule has 0 saturated carbocycles. The Kier molecular flexibility index (Phi) is 2.87. The fourth-order valence-electron chi connectivity index (χ4n) is 1.99. The number of imide groups is 1. The zero-order chi connectivity index (χ0) is 13.4. The molecular formula is C13H11FN2O2. The molecule has 2 unspecified atom stereocenters. The molecule has 1 fully saturated rings. The van der Waals surface area contributed by atoms with Crippen molar-refractivity contribution in [2.24, 2.45) is 11.8 Å². The number of carbonyl (C=O) groups is 2. The molecule has 0 bridgehead atoms. The second kappa shape index (κ2) is 4.22. The zero-order valence-electron chi connectivity index (χ0n) is 9.98. The molecule has 0 radical (unpaired) electrons. The van der Waals surface area contributed by atoms with Crippen LogP contribution in [0.15, 0.2) is 18.2 Å². The van der Waals surface area contributed by atoms with E-state index in [1.807, 2.05) is 0 Å². The van der Waals surface area contributed by atoms with E-state index in [1.54, 1.807) is 19.9 Å². The molecule has 1 aliphatic heterocycles. The second-order valence-corrected chi connectivity index (χ2v) is 4.34. The Hall–Kier alpha value is -2.22. The molecule has 0 aliphatic carbocycles. The summed E-state index contributed by atoms with van der Waals surface area (Å²) < 4.78 is 13.5. The third-order valence-electron chi connectivity index (χ3n) is 3.31. The van der Waals surface area contributed by atoms with Crippen molar-refractivity contribution in [3.63, 3.8) is 0 Å². The number of anilines is 1. The number of nitrogens with zero attached hydrogens (tertiary/aromatic N) is 2. The first-order valence-corrected chi connectivity index (χ1v) is 5.55. The number of hydrogen-bond donors (Lipinski definition) is 0. The van der Waals surface area contributed by atoms with Crippen LogP contribution in [-0.4, -0.2) is 11.8 Å². The Bertz CT molecular complexity index is 557. The van der Waals surface area contributed by atoms with Crippen LogP contribution in [0.2, 0.25) is 0 Å². The van der Waals surface area contributed by atoms with E-state index in [2.05, 4.69) is 0 Å². The summed E-state index contributed by atoms with van der Waals surface area (Å²) in [5.74, 6) is -2.42. The maximum absolute atomic E-state index is 13.5. The third kappa shape index (κ3) is 1.58. The highest BCUT2D eigenvalue weighted by atomic mass is 19.1. The highest BCUT2D eigenvalue weighted by Gasteiger charge is 2.44. The van der Waals surface area contributed by atoms with Crippen LogP contribution in [0.1, 0.15) is 19.4 Å². The van der Waals surface area contributed by atoms with Crippen molar-refractivity contribution in [2.75, 3.05) is 4.90 Å². The van der Waals surface area contributed by atoms with Gasteiger partial charge in [-0.05, 0) is 12.1 Å². The van der Waals surface area contributed by atoms with Crippen molar-refractivity contribution in [1.82, 2.24) is 0 Å². The van der Waals surface area contributed by atoms with Crippen LogP contribution in [0.25, 0.3) is 0 Å². The van der Waals surface area contributed by atoms with Gasteiger partial charge in [-0.2, -0.15) is 5.26 Å². The topological polar surface area (TPSA) is 61.2 Å². The lowest BCUT2D eigenvalue weighted by atomic mass is 10.00. The number of amides is 2. The summed E-state index contributed by atoms with van der Waals surface area (Å²) in [6.07, 6.45) is 0. The van der Waals surface area contributed by atoms with Gasteiger partial charge >= 0.3 is 0 Å². The second-order valence-electron chi connectivity index (χ2n) is 4.34. The van der Waals surface area contributed by atoms with E-state index in [1.165, 1.54) is 12.1 Å². The average molecular weight is 246 g/mol. The van der Waals surface area contributed by atoms with Crippen molar-refractivity contribution >= 4 is 17.5 Å². The fraction of sp³-hybridized carbons (Fsp3) is 0.308. The quantitative estimate of drug-likeness (QED) is 0.710.